The molecule has 1 saturated carbocycles. The van der Waals surface area contributed by atoms with Gasteiger partial charge in [0, 0.05) is 28.6 Å². The van der Waals surface area contributed by atoms with Gasteiger partial charge in [0.15, 0.2) is 0 Å². The van der Waals surface area contributed by atoms with Crippen LogP contribution in [0.15, 0.2) is 29.3 Å². The zero-order valence-corrected chi connectivity index (χ0v) is 14.7. The highest BCUT2D eigenvalue weighted by molar-refractivity contribution is 7.80. The number of carbonyl (C=O) groups is 1. The van der Waals surface area contributed by atoms with Gasteiger partial charge in [-0.1, -0.05) is 0 Å². The minimum absolute atomic E-state index is 0.204. The minimum atomic E-state index is -0.362. The summed E-state index contributed by atoms with van der Waals surface area (Å²) in [6.07, 6.45) is 5.67. The van der Waals surface area contributed by atoms with Crippen LogP contribution in [0.3, 0.4) is 0 Å². The molecule has 1 aliphatic carbocycles. The van der Waals surface area contributed by atoms with Crippen molar-refractivity contribution in [3.8, 4) is 0 Å². The number of nitrogens with two attached hydrogens (primary N) is 1. The smallest absolute Gasteiger partial charge is 0.341 e. The van der Waals surface area contributed by atoms with Crippen LogP contribution in [0.4, 0.5) is 5.69 Å². The van der Waals surface area contributed by atoms with Gasteiger partial charge in [0.05, 0.1) is 17.8 Å². The SMILES string of the molecule is CCOC(=O)c1cnc2ccc(S)cc2c1NC1CCCC(N)C1. The fraction of sp³-hybridized carbons (Fsp3) is 0.444. The maximum absolute atomic E-state index is 12.4. The third kappa shape index (κ3) is 3.65. The van der Waals surface area contributed by atoms with Crippen LogP contribution in [0.1, 0.15) is 43.0 Å². The van der Waals surface area contributed by atoms with Crippen molar-refractivity contribution >= 4 is 35.2 Å². The Hall–Kier alpha value is -1.79. The molecule has 0 radical (unpaired) electrons. The molecule has 5 nitrogen and oxygen atoms in total. The van der Waals surface area contributed by atoms with Crippen LogP contribution in [0.25, 0.3) is 10.9 Å². The third-order valence-electron chi connectivity index (χ3n) is 4.41. The number of hydrogen-bond donors (Lipinski definition) is 3. The van der Waals surface area contributed by atoms with E-state index in [9.17, 15) is 4.79 Å². The number of ether oxygens (including phenoxy) is 1. The lowest BCUT2D eigenvalue weighted by atomic mass is 9.91. The summed E-state index contributed by atoms with van der Waals surface area (Å²) < 4.78 is 5.20. The molecule has 0 saturated heterocycles. The maximum Gasteiger partial charge on any atom is 0.341 e. The quantitative estimate of drug-likeness (QED) is 0.585. The van der Waals surface area contributed by atoms with E-state index in [1.807, 2.05) is 18.2 Å². The second-order valence-electron chi connectivity index (χ2n) is 6.24. The van der Waals surface area contributed by atoms with E-state index >= 15 is 0 Å². The molecule has 128 valence electrons. The average Bonchev–Trinajstić information content (AvgIpc) is 2.55. The van der Waals surface area contributed by atoms with Crippen LogP contribution in [-0.4, -0.2) is 29.6 Å². The van der Waals surface area contributed by atoms with E-state index in [-0.39, 0.29) is 18.1 Å². The zero-order valence-electron chi connectivity index (χ0n) is 13.8. The molecular formula is C18H23N3O2S. The molecule has 6 heteroatoms. The highest BCUT2D eigenvalue weighted by Gasteiger charge is 2.23. The molecule has 3 rings (SSSR count). The average molecular weight is 345 g/mol. The van der Waals surface area contributed by atoms with Crippen molar-refractivity contribution in [1.29, 1.82) is 0 Å². The van der Waals surface area contributed by atoms with E-state index in [2.05, 4.69) is 22.9 Å². The molecule has 0 aliphatic heterocycles. The van der Waals surface area contributed by atoms with E-state index < -0.39 is 0 Å². The van der Waals surface area contributed by atoms with Gasteiger partial charge in [0.2, 0.25) is 0 Å². The molecule has 24 heavy (non-hydrogen) atoms. The highest BCUT2D eigenvalue weighted by Crippen LogP contribution is 2.31. The Balaban J connectivity index is 2.04. The first kappa shape index (κ1) is 17.0. The summed E-state index contributed by atoms with van der Waals surface area (Å²) in [4.78, 5) is 17.6. The lowest BCUT2D eigenvalue weighted by Crippen LogP contribution is -2.35. The molecule has 0 bridgehead atoms. The molecule has 1 aliphatic rings. The van der Waals surface area contributed by atoms with Crippen LogP contribution < -0.4 is 11.1 Å². The van der Waals surface area contributed by atoms with E-state index in [4.69, 9.17) is 10.5 Å². The van der Waals surface area contributed by atoms with Crippen LogP contribution in [-0.2, 0) is 4.74 Å². The van der Waals surface area contributed by atoms with Crippen molar-refractivity contribution in [2.75, 3.05) is 11.9 Å². The van der Waals surface area contributed by atoms with Gasteiger partial charge in [0.25, 0.3) is 0 Å². The molecular weight excluding hydrogens is 322 g/mol. The van der Waals surface area contributed by atoms with E-state index in [0.29, 0.717) is 12.2 Å². The number of nitrogens with zero attached hydrogens (tertiary/aromatic N) is 1. The number of hydrogen-bond acceptors (Lipinski definition) is 6. The summed E-state index contributed by atoms with van der Waals surface area (Å²) in [5.74, 6) is -0.362. The number of benzene rings is 1. The van der Waals surface area contributed by atoms with E-state index in [0.717, 1.165) is 47.2 Å². The number of fused-ring (bicyclic) bond motifs is 1. The largest absolute Gasteiger partial charge is 0.462 e. The van der Waals surface area contributed by atoms with Gasteiger partial charge < -0.3 is 15.8 Å². The first-order valence-electron chi connectivity index (χ1n) is 8.39. The summed E-state index contributed by atoms with van der Waals surface area (Å²) in [5, 5.41) is 4.42. The van der Waals surface area contributed by atoms with Gasteiger partial charge in [-0.05, 0) is 50.8 Å². The van der Waals surface area contributed by atoms with Gasteiger partial charge in [0.1, 0.15) is 5.56 Å². The number of esters is 1. The Bertz CT molecular complexity index is 750. The van der Waals surface area contributed by atoms with Gasteiger partial charge >= 0.3 is 5.97 Å². The van der Waals surface area contributed by atoms with Gasteiger partial charge in [-0.2, -0.15) is 0 Å². The molecule has 2 atom stereocenters. The van der Waals surface area contributed by atoms with Crippen molar-refractivity contribution in [2.45, 2.75) is 49.6 Å². The summed E-state index contributed by atoms with van der Waals surface area (Å²) >= 11 is 4.42. The third-order valence-corrected chi connectivity index (χ3v) is 4.69. The topological polar surface area (TPSA) is 77.2 Å². The first-order chi connectivity index (χ1) is 11.6. The number of thiol groups is 1. The van der Waals surface area contributed by atoms with Crippen molar-refractivity contribution < 1.29 is 9.53 Å². The molecule has 1 aromatic heterocycles. The Morgan fingerprint density at radius 2 is 2.29 bits per heavy atom. The molecule has 1 fully saturated rings. The predicted molar refractivity (Wildman–Crippen MR) is 98.8 cm³/mol. The van der Waals surface area contributed by atoms with Gasteiger partial charge in [-0.15, -0.1) is 12.6 Å². The van der Waals surface area contributed by atoms with E-state index in [1.54, 1.807) is 13.1 Å². The number of carbonyl (C=O) groups excluding carboxylic acids is 1. The fourth-order valence-corrected chi connectivity index (χ4v) is 3.47. The van der Waals surface area contributed by atoms with Crippen molar-refractivity contribution in [1.82, 2.24) is 4.98 Å². The Morgan fingerprint density at radius 1 is 1.46 bits per heavy atom. The monoisotopic (exact) mass is 345 g/mol. The Morgan fingerprint density at radius 3 is 3.04 bits per heavy atom. The Labute approximate surface area is 147 Å². The number of nitrogens with one attached hydrogen (secondary N) is 1. The number of aromatic nitrogens is 1. The van der Waals surface area contributed by atoms with Crippen LogP contribution in [0, 0.1) is 0 Å². The lowest BCUT2D eigenvalue weighted by Gasteiger charge is -2.29. The molecule has 1 aromatic carbocycles. The van der Waals surface area contributed by atoms with E-state index in [1.165, 1.54) is 0 Å². The second-order valence-corrected chi connectivity index (χ2v) is 6.75. The molecule has 3 N–H and O–H groups in total. The molecule has 2 aromatic rings. The predicted octanol–water partition coefficient (Wildman–Crippen LogP) is 3.38. The molecule has 2 unspecified atom stereocenters. The molecule has 0 amide bonds. The number of rotatable bonds is 4. The van der Waals surface area contributed by atoms with Crippen LogP contribution >= 0.6 is 12.6 Å². The highest BCUT2D eigenvalue weighted by atomic mass is 32.1. The number of pyridine rings is 1. The maximum atomic E-state index is 12.4. The van der Waals surface area contributed by atoms with Crippen LogP contribution in [0.5, 0.6) is 0 Å². The summed E-state index contributed by atoms with van der Waals surface area (Å²) in [5.41, 5.74) is 8.16. The van der Waals surface area contributed by atoms with Crippen molar-refractivity contribution in [3.63, 3.8) is 0 Å². The molecule has 0 spiro atoms. The standard InChI is InChI=1S/C18H23N3O2S/c1-2-23-18(22)15-10-20-16-7-6-13(24)9-14(16)17(15)21-12-5-3-4-11(19)8-12/h6-7,9-12,24H,2-5,8,19H2,1H3,(H,20,21). The summed E-state index contributed by atoms with van der Waals surface area (Å²) in [6, 6.07) is 6.18. The van der Waals surface area contributed by atoms with Gasteiger partial charge in [-0.25, -0.2) is 4.79 Å². The van der Waals surface area contributed by atoms with Crippen molar-refractivity contribution in [3.05, 3.63) is 30.0 Å². The zero-order chi connectivity index (χ0) is 17.1. The second kappa shape index (κ2) is 7.40. The van der Waals surface area contributed by atoms with Gasteiger partial charge in [-0.3, -0.25) is 4.98 Å². The number of anilines is 1. The minimum Gasteiger partial charge on any atom is -0.462 e. The normalized spacial score (nSPS) is 20.8. The first-order valence-corrected chi connectivity index (χ1v) is 8.84. The molecule has 1 heterocycles. The summed E-state index contributed by atoms with van der Waals surface area (Å²) in [6.45, 7) is 2.13. The Kier molecular flexibility index (Phi) is 5.26. The lowest BCUT2D eigenvalue weighted by molar-refractivity contribution is 0.0527. The summed E-state index contributed by atoms with van der Waals surface area (Å²) in [7, 11) is 0. The van der Waals surface area contributed by atoms with Crippen LogP contribution in [0.2, 0.25) is 0 Å². The van der Waals surface area contributed by atoms with Crippen molar-refractivity contribution in [2.24, 2.45) is 5.73 Å². The fourth-order valence-electron chi connectivity index (χ4n) is 3.26.